The monoisotopic (exact) mass is 307 g/mol. The summed E-state index contributed by atoms with van der Waals surface area (Å²) >= 11 is 0. The van der Waals surface area contributed by atoms with E-state index in [0.29, 0.717) is 0 Å². The number of rotatable bonds is 6. The summed E-state index contributed by atoms with van der Waals surface area (Å²) in [5, 5.41) is 4.13. The van der Waals surface area contributed by atoms with Gasteiger partial charge in [-0.1, -0.05) is 19.1 Å². The lowest BCUT2D eigenvalue weighted by molar-refractivity contribution is -0.123. The predicted molar refractivity (Wildman–Crippen MR) is 83.4 cm³/mol. The van der Waals surface area contributed by atoms with Crippen molar-refractivity contribution in [2.45, 2.75) is 26.2 Å². The van der Waals surface area contributed by atoms with Gasteiger partial charge in [0.1, 0.15) is 0 Å². The molecular formula is C16H22FN3O2. The van der Waals surface area contributed by atoms with Crippen molar-refractivity contribution in [2.75, 3.05) is 26.2 Å². The first kappa shape index (κ1) is 16.4. The maximum absolute atomic E-state index is 13.3. The molecule has 0 saturated carbocycles. The Balaban J connectivity index is 1.72. The van der Waals surface area contributed by atoms with Crippen LogP contribution >= 0.6 is 0 Å². The van der Waals surface area contributed by atoms with Gasteiger partial charge in [0.05, 0.1) is 0 Å². The third-order valence-corrected chi connectivity index (χ3v) is 3.51. The highest BCUT2D eigenvalue weighted by molar-refractivity contribution is 5.87. The van der Waals surface area contributed by atoms with Crippen LogP contribution in [0.2, 0.25) is 0 Å². The van der Waals surface area contributed by atoms with Gasteiger partial charge in [-0.3, -0.25) is 4.79 Å². The molecule has 1 aliphatic heterocycles. The van der Waals surface area contributed by atoms with E-state index >= 15 is 0 Å². The minimum Gasteiger partial charge on any atom is -0.481 e. The Labute approximate surface area is 130 Å². The van der Waals surface area contributed by atoms with E-state index in [2.05, 4.69) is 22.4 Å². The van der Waals surface area contributed by atoms with Gasteiger partial charge in [0.2, 0.25) is 0 Å². The van der Waals surface area contributed by atoms with Crippen molar-refractivity contribution in [3.63, 3.8) is 0 Å². The molecule has 1 heterocycles. The Hall–Kier alpha value is -1.95. The summed E-state index contributed by atoms with van der Waals surface area (Å²) in [5.74, 6) is -0.796. The van der Waals surface area contributed by atoms with Gasteiger partial charge >= 0.3 is 0 Å². The number of para-hydroxylation sites is 1. The Morgan fingerprint density at radius 3 is 2.77 bits per heavy atom. The standard InChI is InChI=1S/C16H22FN3O2/c1-2-9-20-10-7-13(8-11-20)18-19-16(21)12-22-15-6-4-3-5-14(15)17/h3-6H,2,7-12H2,1H3,(H,19,21). The minimum atomic E-state index is -0.482. The summed E-state index contributed by atoms with van der Waals surface area (Å²) < 4.78 is 18.5. The van der Waals surface area contributed by atoms with Crippen LogP contribution in [0.25, 0.3) is 0 Å². The average Bonchev–Trinajstić information content (AvgIpc) is 2.54. The van der Waals surface area contributed by atoms with Gasteiger partial charge in [0.25, 0.3) is 5.91 Å². The van der Waals surface area contributed by atoms with Crippen LogP contribution in [0.3, 0.4) is 0 Å². The maximum atomic E-state index is 13.3. The second-order valence-electron chi connectivity index (χ2n) is 5.27. The summed E-state index contributed by atoms with van der Waals surface area (Å²) in [5.41, 5.74) is 3.46. The molecule has 1 aromatic carbocycles. The zero-order valence-corrected chi connectivity index (χ0v) is 12.8. The zero-order chi connectivity index (χ0) is 15.8. The highest BCUT2D eigenvalue weighted by atomic mass is 19.1. The fourth-order valence-electron chi connectivity index (χ4n) is 2.34. The molecule has 5 nitrogen and oxygen atoms in total. The van der Waals surface area contributed by atoms with E-state index in [1.165, 1.54) is 12.1 Å². The molecule has 0 atom stereocenters. The smallest absolute Gasteiger partial charge is 0.277 e. The van der Waals surface area contributed by atoms with E-state index in [-0.39, 0.29) is 18.3 Å². The van der Waals surface area contributed by atoms with E-state index in [1.54, 1.807) is 12.1 Å². The zero-order valence-electron chi connectivity index (χ0n) is 12.8. The Morgan fingerprint density at radius 2 is 2.09 bits per heavy atom. The first-order valence-corrected chi connectivity index (χ1v) is 7.63. The summed E-state index contributed by atoms with van der Waals surface area (Å²) in [7, 11) is 0. The fourth-order valence-corrected chi connectivity index (χ4v) is 2.34. The number of benzene rings is 1. The van der Waals surface area contributed by atoms with Crippen LogP contribution < -0.4 is 10.2 Å². The highest BCUT2D eigenvalue weighted by Crippen LogP contribution is 2.14. The van der Waals surface area contributed by atoms with Crippen LogP contribution in [-0.4, -0.2) is 42.8 Å². The number of nitrogens with zero attached hydrogens (tertiary/aromatic N) is 2. The summed E-state index contributed by atoms with van der Waals surface area (Å²) in [6, 6.07) is 6.00. The van der Waals surface area contributed by atoms with Crippen LogP contribution in [0.5, 0.6) is 5.75 Å². The number of carbonyl (C=O) groups excluding carboxylic acids is 1. The number of piperidine rings is 1. The van der Waals surface area contributed by atoms with Gasteiger partial charge in [-0.25, -0.2) is 9.82 Å². The van der Waals surface area contributed by atoms with Crippen molar-refractivity contribution in [3.8, 4) is 5.75 Å². The Bertz CT molecular complexity index is 524. The molecule has 120 valence electrons. The number of amides is 1. The first-order chi connectivity index (χ1) is 10.7. The number of halogens is 1. The second-order valence-corrected chi connectivity index (χ2v) is 5.27. The second kappa shape index (κ2) is 8.48. The van der Waals surface area contributed by atoms with Crippen molar-refractivity contribution in [1.29, 1.82) is 0 Å². The molecule has 1 aliphatic rings. The third kappa shape index (κ3) is 5.11. The molecule has 0 radical (unpaired) electrons. The number of hydrogen-bond donors (Lipinski definition) is 1. The lowest BCUT2D eigenvalue weighted by Crippen LogP contribution is -2.35. The molecule has 0 spiro atoms. The molecule has 0 bridgehead atoms. The van der Waals surface area contributed by atoms with E-state index in [9.17, 15) is 9.18 Å². The molecule has 6 heteroatoms. The molecule has 1 amide bonds. The molecule has 0 unspecified atom stereocenters. The molecule has 1 saturated heterocycles. The van der Waals surface area contributed by atoms with Crippen molar-refractivity contribution < 1.29 is 13.9 Å². The largest absolute Gasteiger partial charge is 0.481 e. The van der Waals surface area contributed by atoms with E-state index < -0.39 is 5.82 Å². The van der Waals surface area contributed by atoms with Gasteiger partial charge in [0.15, 0.2) is 18.2 Å². The van der Waals surface area contributed by atoms with E-state index in [0.717, 1.165) is 44.6 Å². The van der Waals surface area contributed by atoms with Crippen molar-refractivity contribution >= 4 is 11.6 Å². The molecule has 22 heavy (non-hydrogen) atoms. The molecule has 1 aromatic rings. The third-order valence-electron chi connectivity index (χ3n) is 3.51. The van der Waals surface area contributed by atoms with E-state index in [1.807, 2.05) is 0 Å². The van der Waals surface area contributed by atoms with Crippen LogP contribution in [0.4, 0.5) is 4.39 Å². The lowest BCUT2D eigenvalue weighted by Gasteiger charge is -2.26. The quantitative estimate of drug-likeness (QED) is 0.820. The fraction of sp³-hybridized carbons (Fsp3) is 0.500. The molecule has 1 N–H and O–H groups in total. The van der Waals surface area contributed by atoms with Crippen LogP contribution in [-0.2, 0) is 4.79 Å². The van der Waals surface area contributed by atoms with Gasteiger partial charge < -0.3 is 9.64 Å². The summed E-state index contributed by atoms with van der Waals surface area (Å²) in [6.07, 6.45) is 2.89. The first-order valence-electron chi connectivity index (χ1n) is 7.63. The average molecular weight is 307 g/mol. The van der Waals surface area contributed by atoms with Crippen LogP contribution in [0.15, 0.2) is 29.4 Å². The molecule has 0 aliphatic carbocycles. The number of likely N-dealkylation sites (tertiary alicyclic amines) is 1. The van der Waals surface area contributed by atoms with Crippen molar-refractivity contribution in [2.24, 2.45) is 5.10 Å². The topological polar surface area (TPSA) is 53.9 Å². The van der Waals surface area contributed by atoms with Crippen LogP contribution in [0, 0.1) is 5.82 Å². The van der Waals surface area contributed by atoms with Gasteiger partial charge in [-0.15, -0.1) is 0 Å². The number of hydrazone groups is 1. The number of carbonyl (C=O) groups is 1. The van der Waals surface area contributed by atoms with Crippen molar-refractivity contribution in [1.82, 2.24) is 10.3 Å². The highest BCUT2D eigenvalue weighted by Gasteiger charge is 2.14. The van der Waals surface area contributed by atoms with Crippen molar-refractivity contribution in [3.05, 3.63) is 30.1 Å². The normalized spacial score (nSPS) is 15.5. The lowest BCUT2D eigenvalue weighted by atomic mass is 10.1. The predicted octanol–water partition coefficient (Wildman–Crippen LogP) is 2.18. The van der Waals surface area contributed by atoms with Crippen LogP contribution in [0.1, 0.15) is 26.2 Å². The number of ether oxygens (including phenoxy) is 1. The Morgan fingerprint density at radius 1 is 1.36 bits per heavy atom. The summed E-state index contributed by atoms with van der Waals surface area (Å²) in [4.78, 5) is 14.1. The molecule has 1 fully saturated rings. The number of hydrogen-bond acceptors (Lipinski definition) is 4. The molecule has 2 rings (SSSR count). The van der Waals surface area contributed by atoms with E-state index in [4.69, 9.17) is 4.74 Å². The maximum Gasteiger partial charge on any atom is 0.277 e. The van der Waals surface area contributed by atoms with Gasteiger partial charge in [-0.05, 0) is 25.1 Å². The molecular weight excluding hydrogens is 285 g/mol. The minimum absolute atomic E-state index is 0.0678. The van der Waals surface area contributed by atoms with Gasteiger partial charge in [0, 0.05) is 31.6 Å². The number of nitrogens with one attached hydrogen (secondary N) is 1. The van der Waals surface area contributed by atoms with Gasteiger partial charge in [-0.2, -0.15) is 5.10 Å². The Kier molecular flexibility index (Phi) is 6.33. The SMILES string of the molecule is CCCN1CCC(=NNC(=O)COc2ccccc2F)CC1. The summed E-state index contributed by atoms with van der Waals surface area (Å²) in [6.45, 7) is 4.98. The molecule has 0 aromatic heterocycles.